The number of carbonyl (C=O) groups is 1. The lowest BCUT2D eigenvalue weighted by Gasteiger charge is -2.10. The van der Waals surface area contributed by atoms with Crippen molar-refractivity contribution in [1.29, 1.82) is 5.26 Å². The molecule has 2 rings (SSSR count). The molecule has 2 aromatic rings. The molecule has 5 heteroatoms. The maximum Gasteiger partial charge on any atom is 0.259 e. The highest BCUT2D eigenvalue weighted by molar-refractivity contribution is 6.06. The number of ether oxygens (including phenoxy) is 1. The topological polar surface area (TPSA) is 62.1 Å². The first kappa shape index (κ1) is 14.5. The molecule has 4 nitrogen and oxygen atoms in total. The van der Waals surface area contributed by atoms with E-state index in [2.05, 4.69) is 5.32 Å². The van der Waals surface area contributed by atoms with Gasteiger partial charge in [-0.3, -0.25) is 4.79 Å². The van der Waals surface area contributed by atoms with Crippen LogP contribution in [0.25, 0.3) is 0 Å². The van der Waals surface area contributed by atoms with E-state index in [0.29, 0.717) is 11.3 Å². The zero-order valence-electron chi connectivity index (χ0n) is 11.6. The molecular formula is C16H13FN2O2. The Labute approximate surface area is 121 Å². The number of rotatable bonds is 3. The van der Waals surface area contributed by atoms with Crippen molar-refractivity contribution >= 4 is 11.6 Å². The van der Waals surface area contributed by atoms with Crippen molar-refractivity contribution < 1.29 is 13.9 Å². The van der Waals surface area contributed by atoms with Gasteiger partial charge >= 0.3 is 0 Å². The lowest BCUT2D eigenvalue weighted by atomic mass is 10.1. The summed E-state index contributed by atoms with van der Waals surface area (Å²) < 4.78 is 18.9. The number of halogens is 1. The van der Waals surface area contributed by atoms with Gasteiger partial charge in [-0.15, -0.1) is 0 Å². The maximum absolute atomic E-state index is 13.8. The van der Waals surface area contributed by atoms with Gasteiger partial charge in [-0.05, 0) is 37.3 Å². The van der Waals surface area contributed by atoms with Crippen LogP contribution in [0.2, 0.25) is 0 Å². The molecule has 1 amide bonds. The Bertz CT molecular complexity index is 736. The average molecular weight is 284 g/mol. The molecule has 0 atom stereocenters. The summed E-state index contributed by atoms with van der Waals surface area (Å²) >= 11 is 0. The molecule has 21 heavy (non-hydrogen) atoms. The van der Waals surface area contributed by atoms with Gasteiger partial charge in [0.2, 0.25) is 0 Å². The largest absolute Gasteiger partial charge is 0.496 e. The molecule has 0 saturated heterocycles. The second-order valence-corrected chi connectivity index (χ2v) is 4.46. The molecule has 0 fully saturated rings. The molecule has 0 saturated carbocycles. The monoisotopic (exact) mass is 284 g/mol. The summed E-state index contributed by atoms with van der Waals surface area (Å²) in [6.45, 7) is 1.85. The first-order valence-corrected chi connectivity index (χ1v) is 6.21. The Morgan fingerprint density at radius 1 is 1.29 bits per heavy atom. The van der Waals surface area contributed by atoms with Crippen molar-refractivity contribution in [3.8, 4) is 11.8 Å². The van der Waals surface area contributed by atoms with E-state index < -0.39 is 11.7 Å². The van der Waals surface area contributed by atoms with Crippen LogP contribution in [-0.4, -0.2) is 13.0 Å². The third kappa shape index (κ3) is 3.18. The zero-order chi connectivity index (χ0) is 15.4. The molecule has 2 aromatic carbocycles. The molecule has 0 spiro atoms. The highest BCUT2D eigenvalue weighted by Crippen LogP contribution is 2.22. The van der Waals surface area contributed by atoms with Crippen molar-refractivity contribution in [1.82, 2.24) is 0 Å². The van der Waals surface area contributed by atoms with Crippen LogP contribution in [0.1, 0.15) is 21.5 Å². The zero-order valence-corrected chi connectivity index (χ0v) is 11.6. The Morgan fingerprint density at radius 2 is 2.05 bits per heavy atom. The van der Waals surface area contributed by atoms with Gasteiger partial charge in [-0.1, -0.05) is 11.6 Å². The van der Waals surface area contributed by atoms with Crippen LogP contribution in [0.5, 0.6) is 5.75 Å². The first-order valence-electron chi connectivity index (χ1n) is 6.21. The third-order valence-corrected chi connectivity index (χ3v) is 2.95. The van der Waals surface area contributed by atoms with Gasteiger partial charge in [0.25, 0.3) is 5.91 Å². The van der Waals surface area contributed by atoms with Gasteiger partial charge in [0.1, 0.15) is 11.6 Å². The smallest absolute Gasteiger partial charge is 0.259 e. The number of anilines is 1. The van der Waals surface area contributed by atoms with Gasteiger partial charge in [0.15, 0.2) is 0 Å². The molecule has 0 aliphatic carbocycles. The van der Waals surface area contributed by atoms with Gasteiger partial charge in [-0.25, -0.2) is 4.39 Å². The fraction of sp³-hybridized carbons (Fsp3) is 0.125. The minimum absolute atomic E-state index is 0.0163. The molecule has 0 aliphatic heterocycles. The predicted octanol–water partition coefficient (Wildman–Crippen LogP) is 3.27. The first-order chi connectivity index (χ1) is 10.0. The van der Waals surface area contributed by atoms with Crippen molar-refractivity contribution in [3.05, 3.63) is 58.9 Å². The number of hydrogen-bond donors (Lipinski definition) is 1. The summed E-state index contributed by atoms with van der Waals surface area (Å²) in [4.78, 5) is 12.2. The minimum Gasteiger partial charge on any atom is -0.496 e. The number of methoxy groups -OCH3 is 1. The summed E-state index contributed by atoms with van der Waals surface area (Å²) in [5, 5.41) is 11.2. The van der Waals surface area contributed by atoms with Gasteiger partial charge in [0.05, 0.1) is 30.0 Å². The molecule has 0 aliphatic rings. The fourth-order valence-electron chi connectivity index (χ4n) is 1.87. The highest BCUT2D eigenvalue weighted by atomic mass is 19.1. The number of amides is 1. The average Bonchev–Trinajstić information content (AvgIpc) is 2.49. The molecular weight excluding hydrogens is 271 g/mol. The van der Waals surface area contributed by atoms with E-state index in [1.165, 1.54) is 19.2 Å². The van der Waals surface area contributed by atoms with E-state index in [9.17, 15) is 9.18 Å². The van der Waals surface area contributed by atoms with Crippen molar-refractivity contribution in [2.24, 2.45) is 0 Å². The Morgan fingerprint density at radius 3 is 2.67 bits per heavy atom. The third-order valence-electron chi connectivity index (χ3n) is 2.95. The second-order valence-electron chi connectivity index (χ2n) is 4.46. The Balaban J connectivity index is 2.30. The normalized spacial score (nSPS) is 9.81. The Hall–Kier alpha value is -2.87. The van der Waals surface area contributed by atoms with Crippen LogP contribution in [0.4, 0.5) is 10.1 Å². The van der Waals surface area contributed by atoms with Crippen LogP contribution >= 0.6 is 0 Å². The van der Waals surface area contributed by atoms with E-state index in [4.69, 9.17) is 10.00 Å². The minimum atomic E-state index is -0.658. The van der Waals surface area contributed by atoms with E-state index in [1.54, 1.807) is 12.1 Å². The Kier molecular flexibility index (Phi) is 4.19. The predicted molar refractivity (Wildman–Crippen MR) is 76.8 cm³/mol. The number of carbonyl (C=O) groups excluding carboxylic acids is 1. The van der Waals surface area contributed by atoms with Crippen LogP contribution in [-0.2, 0) is 0 Å². The van der Waals surface area contributed by atoms with E-state index in [1.807, 2.05) is 19.1 Å². The number of nitrogens with one attached hydrogen (secondary N) is 1. The fourth-order valence-corrected chi connectivity index (χ4v) is 1.87. The molecule has 0 heterocycles. The number of hydrogen-bond acceptors (Lipinski definition) is 3. The van der Waals surface area contributed by atoms with Crippen LogP contribution in [0, 0.1) is 24.1 Å². The number of benzene rings is 2. The number of nitriles is 1. The van der Waals surface area contributed by atoms with Crippen LogP contribution in [0.3, 0.4) is 0 Å². The lowest BCUT2D eigenvalue weighted by molar-refractivity contribution is 0.102. The van der Waals surface area contributed by atoms with Crippen LogP contribution < -0.4 is 10.1 Å². The molecule has 1 N–H and O–H groups in total. The number of aryl methyl sites for hydroxylation is 1. The molecule has 0 unspecified atom stereocenters. The molecule has 0 bridgehead atoms. The lowest BCUT2D eigenvalue weighted by Crippen LogP contribution is -2.14. The summed E-state index contributed by atoms with van der Waals surface area (Å²) in [7, 11) is 1.46. The molecule has 0 radical (unpaired) electrons. The SMILES string of the molecule is COc1ccc(C)cc1C(=O)Nc1ccc(C#N)cc1F. The van der Waals surface area contributed by atoms with E-state index >= 15 is 0 Å². The summed E-state index contributed by atoms with van der Waals surface area (Å²) in [6.07, 6.45) is 0. The van der Waals surface area contributed by atoms with Gasteiger partial charge in [-0.2, -0.15) is 5.26 Å². The maximum atomic E-state index is 13.8. The van der Waals surface area contributed by atoms with Gasteiger partial charge in [0, 0.05) is 0 Å². The van der Waals surface area contributed by atoms with E-state index in [0.717, 1.165) is 11.6 Å². The number of nitrogens with zero attached hydrogens (tertiary/aromatic N) is 1. The second kappa shape index (κ2) is 6.06. The van der Waals surface area contributed by atoms with E-state index in [-0.39, 0.29) is 11.3 Å². The molecule has 106 valence electrons. The quantitative estimate of drug-likeness (QED) is 0.941. The summed E-state index contributed by atoms with van der Waals surface area (Å²) in [5.74, 6) is -0.722. The van der Waals surface area contributed by atoms with Crippen molar-refractivity contribution in [2.75, 3.05) is 12.4 Å². The summed E-state index contributed by atoms with van der Waals surface area (Å²) in [5.41, 5.74) is 1.42. The highest BCUT2D eigenvalue weighted by Gasteiger charge is 2.14. The standard InChI is InChI=1S/C16H13FN2O2/c1-10-3-6-15(21-2)12(7-10)16(20)19-14-5-4-11(9-18)8-13(14)17/h3-8H,1-2H3,(H,19,20). The van der Waals surface area contributed by atoms with Gasteiger partial charge < -0.3 is 10.1 Å². The van der Waals surface area contributed by atoms with Crippen molar-refractivity contribution in [2.45, 2.75) is 6.92 Å². The summed E-state index contributed by atoms with van der Waals surface area (Å²) in [6, 6.07) is 10.9. The van der Waals surface area contributed by atoms with Crippen molar-refractivity contribution in [3.63, 3.8) is 0 Å². The molecule has 0 aromatic heterocycles. The van der Waals surface area contributed by atoms with Crippen LogP contribution in [0.15, 0.2) is 36.4 Å².